The molecule has 0 saturated carbocycles. The van der Waals surface area contributed by atoms with Crippen LogP contribution in [0, 0.1) is 19.7 Å². The summed E-state index contributed by atoms with van der Waals surface area (Å²) in [5, 5.41) is 4.55. The van der Waals surface area contributed by atoms with E-state index in [1.54, 1.807) is 38.2 Å². The summed E-state index contributed by atoms with van der Waals surface area (Å²) >= 11 is 0. The van der Waals surface area contributed by atoms with Crippen LogP contribution in [-0.4, -0.2) is 28.0 Å². The molecule has 0 aliphatic rings. The van der Waals surface area contributed by atoms with Gasteiger partial charge in [0.1, 0.15) is 5.82 Å². The summed E-state index contributed by atoms with van der Waals surface area (Å²) in [5.74, 6) is -0.589. The third kappa shape index (κ3) is 3.61. The van der Waals surface area contributed by atoms with Gasteiger partial charge < -0.3 is 9.42 Å². The van der Waals surface area contributed by atoms with Crippen LogP contribution in [0.4, 0.5) is 4.39 Å². The molecular formula is C23H20FN3O2. The molecule has 146 valence electrons. The second kappa shape index (κ2) is 7.47. The number of nitrogens with zero attached hydrogens (tertiary/aromatic N) is 3. The molecule has 2 aromatic heterocycles. The highest BCUT2D eigenvalue weighted by atomic mass is 19.1. The Morgan fingerprint density at radius 3 is 2.55 bits per heavy atom. The minimum Gasteiger partial charge on any atom is -0.337 e. The second-order valence-electron chi connectivity index (χ2n) is 7.12. The number of carbonyl (C=O) groups excluding carboxylic acids is 1. The number of hydrogen-bond acceptors (Lipinski definition) is 4. The Bertz CT molecular complexity index is 1200. The Balaban J connectivity index is 1.77. The molecule has 0 unspecified atom stereocenters. The number of halogens is 1. The molecule has 0 N–H and O–H groups in total. The Kier molecular flexibility index (Phi) is 4.84. The molecule has 0 saturated heterocycles. The fourth-order valence-electron chi connectivity index (χ4n) is 3.30. The van der Waals surface area contributed by atoms with Gasteiger partial charge in [-0.2, -0.15) is 0 Å². The molecule has 0 bridgehead atoms. The van der Waals surface area contributed by atoms with Gasteiger partial charge in [-0.05, 0) is 26.0 Å². The Morgan fingerprint density at radius 1 is 1.10 bits per heavy atom. The van der Waals surface area contributed by atoms with Crippen LogP contribution < -0.4 is 0 Å². The third-order valence-electron chi connectivity index (χ3n) is 4.91. The smallest absolute Gasteiger partial charge is 0.259 e. The van der Waals surface area contributed by atoms with E-state index in [-0.39, 0.29) is 18.3 Å². The van der Waals surface area contributed by atoms with E-state index in [4.69, 9.17) is 4.52 Å². The van der Waals surface area contributed by atoms with Gasteiger partial charge in [-0.25, -0.2) is 9.37 Å². The number of benzene rings is 2. The van der Waals surface area contributed by atoms with E-state index in [2.05, 4.69) is 10.1 Å². The van der Waals surface area contributed by atoms with E-state index in [0.29, 0.717) is 33.6 Å². The number of carbonyl (C=O) groups is 1. The van der Waals surface area contributed by atoms with Crippen molar-refractivity contribution in [1.29, 1.82) is 0 Å². The third-order valence-corrected chi connectivity index (χ3v) is 4.91. The zero-order valence-corrected chi connectivity index (χ0v) is 16.4. The van der Waals surface area contributed by atoms with Crippen LogP contribution in [0.15, 0.2) is 59.1 Å². The van der Waals surface area contributed by atoms with E-state index >= 15 is 0 Å². The number of aromatic nitrogens is 2. The average molecular weight is 389 g/mol. The van der Waals surface area contributed by atoms with Crippen molar-refractivity contribution in [2.45, 2.75) is 20.4 Å². The van der Waals surface area contributed by atoms with Gasteiger partial charge >= 0.3 is 0 Å². The largest absolute Gasteiger partial charge is 0.337 e. The Morgan fingerprint density at radius 2 is 1.83 bits per heavy atom. The zero-order chi connectivity index (χ0) is 20.5. The van der Waals surface area contributed by atoms with Crippen LogP contribution in [0.2, 0.25) is 0 Å². The fraction of sp³-hybridized carbons (Fsp3) is 0.174. The lowest BCUT2D eigenvalue weighted by Crippen LogP contribution is -2.27. The fourth-order valence-corrected chi connectivity index (χ4v) is 3.30. The van der Waals surface area contributed by atoms with Gasteiger partial charge in [0.05, 0.1) is 22.3 Å². The van der Waals surface area contributed by atoms with E-state index in [0.717, 1.165) is 11.1 Å². The maximum Gasteiger partial charge on any atom is 0.259 e. The molecule has 0 fully saturated rings. The first kappa shape index (κ1) is 18.8. The van der Waals surface area contributed by atoms with Gasteiger partial charge in [-0.1, -0.05) is 53.2 Å². The first-order chi connectivity index (χ1) is 13.9. The van der Waals surface area contributed by atoms with Crippen molar-refractivity contribution in [2.24, 2.45) is 0 Å². The highest BCUT2D eigenvalue weighted by Gasteiger charge is 2.22. The number of pyridine rings is 1. The number of amides is 1. The lowest BCUT2D eigenvalue weighted by Gasteiger charge is -2.18. The normalized spacial score (nSPS) is 11.0. The van der Waals surface area contributed by atoms with Crippen LogP contribution in [-0.2, 0) is 6.54 Å². The molecule has 2 aromatic carbocycles. The number of rotatable bonds is 4. The highest BCUT2D eigenvalue weighted by molar-refractivity contribution is 6.06. The Labute approximate surface area is 167 Å². The summed E-state index contributed by atoms with van der Waals surface area (Å²) < 4.78 is 19.4. The summed E-state index contributed by atoms with van der Waals surface area (Å²) in [6, 6.07) is 16.0. The molecule has 0 atom stereocenters. The standard InChI is InChI=1S/C23H20FN3O2/c1-14-8-10-16(11-9-14)20-12-18(21-15(2)26-29-22(21)25-20)23(28)27(3)13-17-6-4-5-7-19(17)24/h4-12H,13H2,1-3H3. The summed E-state index contributed by atoms with van der Waals surface area (Å²) in [7, 11) is 1.65. The number of hydrogen-bond donors (Lipinski definition) is 0. The first-order valence-corrected chi connectivity index (χ1v) is 9.27. The van der Waals surface area contributed by atoms with E-state index < -0.39 is 0 Å². The van der Waals surface area contributed by atoms with Crippen molar-refractivity contribution < 1.29 is 13.7 Å². The summed E-state index contributed by atoms with van der Waals surface area (Å²) in [6.45, 7) is 3.93. The maximum absolute atomic E-state index is 14.0. The summed E-state index contributed by atoms with van der Waals surface area (Å²) in [4.78, 5) is 19.3. The minimum atomic E-state index is -0.339. The summed E-state index contributed by atoms with van der Waals surface area (Å²) in [5.41, 5.74) is 4.41. The predicted molar refractivity (Wildman–Crippen MR) is 109 cm³/mol. The van der Waals surface area contributed by atoms with E-state index in [1.165, 1.54) is 11.0 Å². The molecule has 6 heteroatoms. The van der Waals surface area contributed by atoms with Crippen LogP contribution >= 0.6 is 0 Å². The molecule has 29 heavy (non-hydrogen) atoms. The molecule has 4 aromatic rings. The van der Waals surface area contributed by atoms with Crippen LogP contribution in [0.25, 0.3) is 22.4 Å². The molecule has 0 aliphatic heterocycles. The van der Waals surface area contributed by atoms with Crippen LogP contribution in [0.5, 0.6) is 0 Å². The van der Waals surface area contributed by atoms with Crippen molar-refractivity contribution >= 4 is 17.0 Å². The SMILES string of the molecule is Cc1ccc(-c2cc(C(=O)N(C)Cc3ccccc3F)c3c(C)noc3n2)cc1. The molecule has 4 rings (SSSR count). The quantitative estimate of drug-likeness (QED) is 0.497. The summed E-state index contributed by atoms with van der Waals surface area (Å²) in [6.07, 6.45) is 0. The number of aryl methyl sites for hydroxylation is 2. The first-order valence-electron chi connectivity index (χ1n) is 9.27. The van der Waals surface area contributed by atoms with Crippen molar-refractivity contribution in [2.75, 3.05) is 7.05 Å². The van der Waals surface area contributed by atoms with Crippen molar-refractivity contribution in [3.63, 3.8) is 0 Å². The lowest BCUT2D eigenvalue weighted by atomic mass is 10.0. The minimum absolute atomic E-state index is 0.152. The van der Waals surface area contributed by atoms with Gasteiger partial charge in [-0.15, -0.1) is 0 Å². The van der Waals surface area contributed by atoms with Crippen LogP contribution in [0.3, 0.4) is 0 Å². The van der Waals surface area contributed by atoms with Crippen molar-refractivity contribution in [3.8, 4) is 11.3 Å². The van der Waals surface area contributed by atoms with Gasteiger partial charge in [0, 0.05) is 24.7 Å². The number of fused-ring (bicyclic) bond motifs is 1. The van der Waals surface area contributed by atoms with Crippen molar-refractivity contribution in [3.05, 3.63) is 82.8 Å². The predicted octanol–water partition coefficient (Wildman–Crippen LogP) is 4.92. The van der Waals surface area contributed by atoms with Gasteiger partial charge in [0.15, 0.2) is 0 Å². The van der Waals surface area contributed by atoms with Crippen LogP contribution in [0.1, 0.15) is 27.2 Å². The molecule has 1 amide bonds. The van der Waals surface area contributed by atoms with Gasteiger partial charge in [0.2, 0.25) is 0 Å². The Hall–Kier alpha value is -3.54. The van der Waals surface area contributed by atoms with E-state index in [1.807, 2.05) is 31.2 Å². The molecule has 0 radical (unpaired) electrons. The monoisotopic (exact) mass is 389 g/mol. The molecule has 5 nitrogen and oxygen atoms in total. The average Bonchev–Trinajstić information content (AvgIpc) is 3.10. The molecule has 2 heterocycles. The maximum atomic E-state index is 14.0. The zero-order valence-electron chi connectivity index (χ0n) is 16.4. The van der Waals surface area contributed by atoms with Crippen molar-refractivity contribution in [1.82, 2.24) is 15.0 Å². The topological polar surface area (TPSA) is 59.2 Å². The van der Waals surface area contributed by atoms with E-state index in [9.17, 15) is 9.18 Å². The van der Waals surface area contributed by atoms with Gasteiger partial charge in [-0.3, -0.25) is 4.79 Å². The molecular weight excluding hydrogens is 369 g/mol. The lowest BCUT2D eigenvalue weighted by molar-refractivity contribution is 0.0785. The highest BCUT2D eigenvalue weighted by Crippen LogP contribution is 2.28. The molecule has 0 spiro atoms. The molecule has 0 aliphatic carbocycles. The second-order valence-corrected chi connectivity index (χ2v) is 7.12. The van der Waals surface area contributed by atoms with Gasteiger partial charge in [0.25, 0.3) is 11.6 Å².